The molecule has 1 amide bonds. The van der Waals surface area contributed by atoms with Crippen molar-refractivity contribution < 1.29 is 18.7 Å². The maximum atomic E-state index is 12.3. The summed E-state index contributed by atoms with van der Waals surface area (Å²) in [4.78, 5) is 19.0. The Bertz CT molecular complexity index is 1040. The Labute approximate surface area is 202 Å². The lowest BCUT2D eigenvalue weighted by molar-refractivity contribution is -0.121. The molecule has 3 rings (SSSR count). The van der Waals surface area contributed by atoms with Crippen LogP contribution in [0.15, 0.2) is 53.1 Å². The molecule has 0 aliphatic carbocycles. The number of amides is 1. The second kappa shape index (κ2) is 12.8. The molecular formula is C27H35N3O4. The fourth-order valence-corrected chi connectivity index (χ4v) is 3.55. The van der Waals surface area contributed by atoms with Crippen LogP contribution in [0.25, 0.3) is 11.3 Å². The van der Waals surface area contributed by atoms with Gasteiger partial charge in [-0.25, -0.2) is 4.98 Å². The van der Waals surface area contributed by atoms with E-state index in [1.54, 1.807) is 13.3 Å². The molecule has 0 bridgehead atoms. The molecule has 1 N–H and O–H groups in total. The highest BCUT2D eigenvalue weighted by Crippen LogP contribution is 2.28. The Morgan fingerprint density at radius 1 is 1.09 bits per heavy atom. The first kappa shape index (κ1) is 25.3. The fraction of sp³-hybridized carbons (Fsp3) is 0.407. The number of methoxy groups -OCH3 is 1. The van der Waals surface area contributed by atoms with Gasteiger partial charge >= 0.3 is 0 Å². The summed E-state index contributed by atoms with van der Waals surface area (Å²) in [5, 5.41) is 2.95. The first-order chi connectivity index (χ1) is 16.5. The molecule has 0 atom stereocenters. The summed E-state index contributed by atoms with van der Waals surface area (Å²) >= 11 is 0. The predicted octanol–water partition coefficient (Wildman–Crippen LogP) is 4.63. The third-order valence-corrected chi connectivity index (χ3v) is 5.73. The summed E-state index contributed by atoms with van der Waals surface area (Å²) in [5.41, 5.74) is 3.11. The highest BCUT2D eigenvalue weighted by Gasteiger charge is 2.11. The maximum absolute atomic E-state index is 12.3. The van der Waals surface area contributed by atoms with Gasteiger partial charge in [-0.3, -0.25) is 4.79 Å². The van der Waals surface area contributed by atoms with Gasteiger partial charge in [0.2, 0.25) is 5.91 Å². The van der Waals surface area contributed by atoms with Gasteiger partial charge in [-0.1, -0.05) is 49.7 Å². The molecule has 1 heterocycles. The van der Waals surface area contributed by atoms with Gasteiger partial charge in [0.05, 0.1) is 13.3 Å². The number of hydrogen-bond acceptors (Lipinski definition) is 6. The average molecular weight is 466 g/mol. The van der Waals surface area contributed by atoms with E-state index in [9.17, 15) is 4.79 Å². The van der Waals surface area contributed by atoms with E-state index in [-0.39, 0.29) is 5.91 Å². The van der Waals surface area contributed by atoms with E-state index in [0.717, 1.165) is 30.8 Å². The second-order valence-electron chi connectivity index (χ2n) is 8.12. The van der Waals surface area contributed by atoms with Crippen LogP contribution in [-0.2, 0) is 17.8 Å². The van der Waals surface area contributed by atoms with Crippen LogP contribution in [0.1, 0.15) is 37.3 Å². The molecule has 0 spiro atoms. The number of ether oxygens (including phenoxy) is 2. The van der Waals surface area contributed by atoms with Crippen LogP contribution >= 0.6 is 0 Å². The van der Waals surface area contributed by atoms with Crippen molar-refractivity contribution in [1.82, 2.24) is 15.2 Å². The minimum Gasteiger partial charge on any atom is -0.493 e. The van der Waals surface area contributed by atoms with Gasteiger partial charge in [-0.15, -0.1) is 0 Å². The Morgan fingerprint density at radius 2 is 1.85 bits per heavy atom. The zero-order valence-corrected chi connectivity index (χ0v) is 20.6. The highest BCUT2D eigenvalue weighted by atomic mass is 16.5. The van der Waals surface area contributed by atoms with Gasteiger partial charge in [0, 0.05) is 31.5 Å². The molecule has 2 aromatic carbocycles. The lowest BCUT2D eigenvalue weighted by Crippen LogP contribution is -2.28. The van der Waals surface area contributed by atoms with Crippen molar-refractivity contribution in [3.05, 3.63) is 65.7 Å². The number of carbonyl (C=O) groups is 1. The molecule has 34 heavy (non-hydrogen) atoms. The van der Waals surface area contributed by atoms with Crippen molar-refractivity contribution in [2.45, 2.75) is 40.2 Å². The van der Waals surface area contributed by atoms with Crippen molar-refractivity contribution >= 4 is 5.91 Å². The monoisotopic (exact) mass is 465 g/mol. The van der Waals surface area contributed by atoms with Crippen molar-refractivity contribution in [2.24, 2.45) is 0 Å². The Hall–Kier alpha value is -3.32. The zero-order chi connectivity index (χ0) is 24.3. The van der Waals surface area contributed by atoms with Crippen molar-refractivity contribution in [3.8, 4) is 22.8 Å². The first-order valence-corrected chi connectivity index (χ1v) is 11.8. The van der Waals surface area contributed by atoms with E-state index in [0.29, 0.717) is 49.1 Å². The molecule has 3 aromatic rings. The van der Waals surface area contributed by atoms with Crippen LogP contribution in [0.4, 0.5) is 0 Å². The quantitative estimate of drug-likeness (QED) is 0.397. The summed E-state index contributed by atoms with van der Waals surface area (Å²) in [7, 11) is 1.62. The number of nitrogens with one attached hydrogen (secondary N) is 1. The minimum atomic E-state index is -0.0615. The topological polar surface area (TPSA) is 76.8 Å². The molecule has 0 aliphatic rings. The second-order valence-corrected chi connectivity index (χ2v) is 8.12. The molecule has 0 fully saturated rings. The largest absolute Gasteiger partial charge is 0.493 e. The van der Waals surface area contributed by atoms with E-state index < -0.39 is 0 Å². The van der Waals surface area contributed by atoms with Gasteiger partial charge in [-0.05, 0) is 37.7 Å². The number of aryl methyl sites for hydroxylation is 2. The highest BCUT2D eigenvalue weighted by molar-refractivity contribution is 5.76. The maximum Gasteiger partial charge on any atom is 0.220 e. The van der Waals surface area contributed by atoms with Crippen LogP contribution in [-0.4, -0.2) is 49.1 Å². The summed E-state index contributed by atoms with van der Waals surface area (Å²) < 4.78 is 17.2. The average Bonchev–Trinajstić information content (AvgIpc) is 3.34. The normalized spacial score (nSPS) is 11.0. The Balaban J connectivity index is 1.45. The number of likely N-dealkylation sites (N-methyl/N-ethyl adjacent to an activating group) is 1. The minimum absolute atomic E-state index is 0.0615. The first-order valence-electron chi connectivity index (χ1n) is 11.8. The molecule has 0 saturated heterocycles. The zero-order valence-electron chi connectivity index (χ0n) is 20.6. The fourth-order valence-electron chi connectivity index (χ4n) is 3.55. The van der Waals surface area contributed by atoms with Gasteiger partial charge in [0.1, 0.15) is 6.61 Å². The molecular weight excluding hydrogens is 430 g/mol. The van der Waals surface area contributed by atoms with Gasteiger partial charge in [0.15, 0.2) is 23.1 Å². The number of aromatic nitrogens is 1. The third kappa shape index (κ3) is 7.35. The number of hydrogen-bond donors (Lipinski definition) is 1. The van der Waals surface area contributed by atoms with Crippen molar-refractivity contribution in [3.63, 3.8) is 0 Å². The smallest absolute Gasteiger partial charge is 0.220 e. The molecule has 0 radical (unpaired) electrons. The van der Waals surface area contributed by atoms with E-state index in [4.69, 9.17) is 13.9 Å². The molecule has 7 heteroatoms. The van der Waals surface area contributed by atoms with E-state index in [1.807, 2.05) is 49.4 Å². The molecule has 182 valence electrons. The summed E-state index contributed by atoms with van der Waals surface area (Å²) in [6, 6.07) is 13.8. The van der Waals surface area contributed by atoms with Gasteiger partial charge in [0.25, 0.3) is 0 Å². The summed E-state index contributed by atoms with van der Waals surface area (Å²) in [6.07, 6.45) is 2.45. The van der Waals surface area contributed by atoms with Crippen LogP contribution in [0.2, 0.25) is 0 Å². The molecule has 0 unspecified atom stereocenters. The molecule has 7 nitrogen and oxygen atoms in total. The van der Waals surface area contributed by atoms with Crippen molar-refractivity contribution in [1.29, 1.82) is 0 Å². The standard InChI is InChI=1S/C27H35N3O4/c1-5-30(6-2)15-16-33-23-12-9-21(17-24(23)32-4)18-28-26(31)13-14-27-29-19-25(34-27)22-10-7-20(3)8-11-22/h7-12,17,19H,5-6,13-16,18H2,1-4H3,(H,28,31). The molecule has 0 saturated carbocycles. The summed E-state index contributed by atoms with van der Waals surface area (Å²) in [6.45, 7) is 10.2. The lowest BCUT2D eigenvalue weighted by Gasteiger charge is -2.19. The summed E-state index contributed by atoms with van der Waals surface area (Å²) in [5.74, 6) is 2.57. The number of benzene rings is 2. The van der Waals surface area contributed by atoms with E-state index in [1.165, 1.54) is 5.56 Å². The Kier molecular flexibility index (Phi) is 9.52. The van der Waals surface area contributed by atoms with Crippen LogP contribution in [0, 0.1) is 6.92 Å². The van der Waals surface area contributed by atoms with E-state index >= 15 is 0 Å². The molecule has 1 aromatic heterocycles. The van der Waals surface area contributed by atoms with Gasteiger partial charge in [-0.2, -0.15) is 0 Å². The number of nitrogens with zero attached hydrogens (tertiary/aromatic N) is 2. The number of oxazole rings is 1. The predicted molar refractivity (Wildman–Crippen MR) is 133 cm³/mol. The van der Waals surface area contributed by atoms with Gasteiger partial charge < -0.3 is 24.1 Å². The van der Waals surface area contributed by atoms with Crippen LogP contribution in [0.5, 0.6) is 11.5 Å². The van der Waals surface area contributed by atoms with Crippen molar-refractivity contribution in [2.75, 3.05) is 33.4 Å². The molecule has 0 aliphatic heterocycles. The van der Waals surface area contributed by atoms with Crippen LogP contribution < -0.4 is 14.8 Å². The Morgan fingerprint density at radius 3 is 2.56 bits per heavy atom. The van der Waals surface area contributed by atoms with E-state index in [2.05, 4.69) is 29.0 Å². The lowest BCUT2D eigenvalue weighted by atomic mass is 10.1. The number of carbonyl (C=O) groups excluding carboxylic acids is 1. The number of rotatable bonds is 13. The third-order valence-electron chi connectivity index (χ3n) is 5.73. The SMILES string of the molecule is CCN(CC)CCOc1ccc(CNC(=O)CCc2ncc(-c3ccc(C)cc3)o2)cc1OC. The van der Waals surface area contributed by atoms with Crippen LogP contribution in [0.3, 0.4) is 0 Å².